The molecule has 0 radical (unpaired) electrons. The van der Waals surface area contributed by atoms with Gasteiger partial charge >= 0.3 is 0 Å². The van der Waals surface area contributed by atoms with E-state index in [4.69, 9.17) is 10.5 Å². The van der Waals surface area contributed by atoms with Crippen LogP contribution >= 0.6 is 27.3 Å². The Balaban J connectivity index is 2.23. The van der Waals surface area contributed by atoms with Crippen molar-refractivity contribution in [1.82, 2.24) is 0 Å². The van der Waals surface area contributed by atoms with E-state index in [1.807, 2.05) is 6.07 Å². The Morgan fingerprint density at radius 1 is 1.30 bits per heavy atom. The summed E-state index contributed by atoms with van der Waals surface area (Å²) in [6.07, 6.45) is 2.02. The van der Waals surface area contributed by atoms with E-state index in [-0.39, 0.29) is 6.04 Å². The van der Waals surface area contributed by atoms with E-state index in [9.17, 15) is 0 Å². The lowest BCUT2D eigenvalue weighted by Crippen LogP contribution is -2.12. The maximum absolute atomic E-state index is 6.40. The Labute approximate surface area is 133 Å². The molecular formula is C16H20BrNOS. The molecule has 1 atom stereocenters. The second-order valence-corrected chi connectivity index (χ2v) is 6.48. The average molecular weight is 354 g/mol. The van der Waals surface area contributed by atoms with Crippen molar-refractivity contribution in [2.24, 2.45) is 5.73 Å². The van der Waals surface area contributed by atoms with Gasteiger partial charge in [-0.1, -0.05) is 19.9 Å². The molecule has 108 valence electrons. The Morgan fingerprint density at radius 2 is 2.10 bits per heavy atom. The highest BCUT2D eigenvalue weighted by Crippen LogP contribution is 2.33. The summed E-state index contributed by atoms with van der Waals surface area (Å²) in [6.45, 7) is 4.99. The fourth-order valence-electron chi connectivity index (χ4n) is 2.10. The first kappa shape index (κ1) is 15.5. The van der Waals surface area contributed by atoms with Crippen molar-refractivity contribution >= 4 is 27.3 Å². The number of thiophene rings is 1. The van der Waals surface area contributed by atoms with Gasteiger partial charge in [-0.3, -0.25) is 0 Å². The van der Waals surface area contributed by atoms with E-state index in [2.05, 4.69) is 53.4 Å². The summed E-state index contributed by atoms with van der Waals surface area (Å²) < 4.78 is 6.64. The van der Waals surface area contributed by atoms with E-state index in [1.165, 1.54) is 10.4 Å². The van der Waals surface area contributed by atoms with Crippen LogP contribution in [-0.4, -0.2) is 6.61 Å². The second-order valence-electron chi connectivity index (χ2n) is 4.68. The first-order valence-corrected chi connectivity index (χ1v) is 8.58. The summed E-state index contributed by atoms with van der Waals surface area (Å²) in [6, 6.07) is 8.21. The topological polar surface area (TPSA) is 35.2 Å². The maximum atomic E-state index is 6.40. The Kier molecular flexibility index (Phi) is 5.64. The van der Waals surface area contributed by atoms with E-state index in [0.717, 1.165) is 35.2 Å². The van der Waals surface area contributed by atoms with Gasteiger partial charge in [0.25, 0.3) is 0 Å². The number of halogens is 1. The van der Waals surface area contributed by atoms with Crippen LogP contribution in [0.2, 0.25) is 0 Å². The zero-order valence-electron chi connectivity index (χ0n) is 11.9. The van der Waals surface area contributed by atoms with Gasteiger partial charge in [-0.15, -0.1) is 11.3 Å². The standard InChI is InChI=1S/C16H20BrNOS/c1-3-8-19-14-6-5-12(10-13(14)17)15(18)16-11(4-2)7-9-20-16/h5-7,9-10,15H,3-4,8,18H2,1-2H3. The molecule has 1 aromatic heterocycles. The average Bonchev–Trinajstić information content (AvgIpc) is 2.93. The van der Waals surface area contributed by atoms with Crippen LogP contribution in [0.15, 0.2) is 34.1 Å². The van der Waals surface area contributed by atoms with Gasteiger partial charge in [0, 0.05) is 4.88 Å². The number of hydrogen-bond donors (Lipinski definition) is 1. The molecule has 20 heavy (non-hydrogen) atoms. The summed E-state index contributed by atoms with van der Waals surface area (Å²) in [5, 5.41) is 2.11. The van der Waals surface area contributed by atoms with Crippen LogP contribution < -0.4 is 10.5 Å². The first-order valence-electron chi connectivity index (χ1n) is 6.91. The molecule has 2 rings (SSSR count). The van der Waals surface area contributed by atoms with Crippen molar-refractivity contribution in [1.29, 1.82) is 0 Å². The fraction of sp³-hybridized carbons (Fsp3) is 0.375. The van der Waals surface area contributed by atoms with Crippen LogP contribution in [-0.2, 0) is 6.42 Å². The predicted octanol–water partition coefficient (Wildman–Crippen LogP) is 4.91. The molecule has 0 amide bonds. The molecule has 2 aromatic rings. The summed E-state index contributed by atoms with van der Waals surface area (Å²) in [5.74, 6) is 0.879. The largest absolute Gasteiger partial charge is 0.492 e. The third kappa shape index (κ3) is 3.43. The van der Waals surface area contributed by atoms with E-state index in [0.29, 0.717) is 0 Å². The van der Waals surface area contributed by atoms with Crippen LogP contribution in [0.3, 0.4) is 0 Å². The van der Waals surface area contributed by atoms with Gasteiger partial charge in [-0.25, -0.2) is 0 Å². The van der Waals surface area contributed by atoms with Crippen molar-refractivity contribution in [3.63, 3.8) is 0 Å². The molecule has 1 unspecified atom stereocenters. The zero-order valence-corrected chi connectivity index (χ0v) is 14.3. The van der Waals surface area contributed by atoms with Gasteiger partial charge in [-0.2, -0.15) is 0 Å². The lowest BCUT2D eigenvalue weighted by molar-refractivity contribution is 0.315. The van der Waals surface area contributed by atoms with Gasteiger partial charge in [-0.05, 0) is 63.5 Å². The molecule has 4 heteroatoms. The highest BCUT2D eigenvalue weighted by Gasteiger charge is 2.15. The molecule has 0 saturated heterocycles. The quantitative estimate of drug-likeness (QED) is 0.800. The highest BCUT2D eigenvalue weighted by atomic mass is 79.9. The Bertz CT molecular complexity index is 567. The monoisotopic (exact) mass is 353 g/mol. The molecule has 0 aliphatic heterocycles. The minimum absolute atomic E-state index is 0.0681. The van der Waals surface area contributed by atoms with Crippen LogP contribution in [0.1, 0.15) is 42.3 Å². The molecular weight excluding hydrogens is 334 g/mol. The molecule has 0 aliphatic carbocycles. The van der Waals surface area contributed by atoms with Gasteiger partial charge < -0.3 is 10.5 Å². The summed E-state index contributed by atoms with van der Waals surface area (Å²) >= 11 is 5.30. The summed E-state index contributed by atoms with van der Waals surface area (Å²) in [5.41, 5.74) is 8.85. The molecule has 0 fully saturated rings. The molecule has 0 aliphatic rings. The van der Waals surface area contributed by atoms with Crippen molar-refractivity contribution in [3.05, 3.63) is 50.1 Å². The number of nitrogens with two attached hydrogens (primary N) is 1. The van der Waals surface area contributed by atoms with Crippen molar-refractivity contribution in [2.75, 3.05) is 6.61 Å². The van der Waals surface area contributed by atoms with E-state index in [1.54, 1.807) is 11.3 Å². The number of ether oxygens (including phenoxy) is 1. The lowest BCUT2D eigenvalue weighted by Gasteiger charge is -2.15. The van der Waals surface area contributed by atoms with Crippen LogP contribution in [0.4, 0.5) is 0 Å². The van der Waals surface area contributed by atoms with Gasteiger partial charge in [0.15, 0.2) is 0 Å². The third-order valence-electron chi connectivity index (χ3n) is 3.22. The predicted molar refractivity (Wildman–Crippen MR) is 89.7 cm³/mol. The minimum Gasteiger partial charge on any atom is -0.492 e. The van der Waals surface area contributed by atoms with Crippen molar-refractivity contribution in [3.8, 4) is 5.75 Å². The van der Waals surface area contributed by atoms with Crippen molar-refractivity contribution in [2.45, 2.75) is 32.7 Å². The van der Waals surface area contributed by atoms with Gasteiger partial charge in [0.05, 0.1) is 17.1 Å². The van der Waals surface area contributed by atoms with E-state index < -0.39 is 0 Å². The van der Waals surface area contributed by atoms with E-state index >= 15 is 0 Å². The minimum atomic E-state index is -0.0681. The molecule has 1 heterocycles. The van der Waals surface area contributed by atoms with Crippen LogP contribution in [0, 0.1) is 0 Å². The molecule has 1 aromatic carbocycles. The third-order valence-corrected chi connectivity index (χ3v) is 4.88. The number of aryl methyl sites for hydroxylation is 1. The molecule has 0 bridgehead atoms. The SMILES string of the molecule is CCCOc1ccc(C(N)c2sccc2CC)cc1Br. The number of hydrogen-bond acceptors (Lipinski definition) is 3. The van der Waals surface area contributed by atoms with Crippen LogP contribution in [0.5, 0.6) is 5.75 Å². The van der Waals surface area contributed by atoms with Gasteiger partial charge in [0.1, 0.15) is 5.75 Å². The summed E-state index contributed by atoms with van der Waals surface area (Å²) in [4.78, 5) is 1.25. The number of rotatable bonds is 6. The molecule has 2 nitrogen and oxygen atoms in total. The zero-order chi connectivity index (χ0) is 14.5. The lowest BCUT2D eigenvalue weighted by atomic mass is 10.0. The van der Waals surface area contributed by atoms with Gasteiger partial charge in [0.2, 0.25) is 0 Å². The Morgan fingerprint density at radius 3 is 2.75 bits per heavy atom. The Hall–Kier alpha value is -0.840. The van der Waals surface area contributed by atoms with Crippen molar-refractivity contribution < 1.29 is 4.74 Å². The normalized spacial score (nSPS) is 12.4. The molecule has 0 saturated carbocycles. The smallest absolute Gasteiger partial charge is 0.133 e. The number of benzene rings is 1. The molecule has 0 spiro atoms. The summed E-state index contributed by atoms with van der Waals surface area (Å²) in [7, 11) is 0. The first-order chi connectivity index (χ1) is 9.67. The highest BCUT2D eigenvalue weighted by molar-refractivity contribution is 9.10. The second kappa shape index (κ2) is 7.25. The van der Waals surface area contributed by atoms with Crippen LogP contribution in [0.25, 0.3) is 0 Å². The maximum Gasteiger partial charge on any atom is 0.133 e. The fourth-order valence-corrected chi connectivity index (χ4v) is 3.64. The molecule has 2 N–H and O–H groups in total.